The smallest absolute Gasteiger partial charge is 0.860 e. The van der Waals surface area contributed by atoms with E-state index in [4.69, 9.17) is 9.47 Å². The summed E-state index contributed by atoms with van der Waals surface area (Å²) in [5, 5.41) is 13.6. The largest absolute Gasteiger partial charge is 1.00 e. The predicted octanol–water partition coefficient (Wildman–Crippen LogP) is 1.28. The molecule has 0 bridgehead atoms. The normalized spacial score (nSPS) is 20.4. The van der Waals surface area contributed by atoms with E-state index in [1.807, 2.05) is 53.5 Å². The minimum Gasteiger partial charge on any atom is -0.860 e. The zero-order chi connectivity index (χ0) is 20.6. The number of hydrogen-bond acceptors (Lipinski definition) is 4. The van der Waals surface area contributed by atoms with Crippen LogP contribution in [0, 0.1) is 5.92 Å². The van der Waals surface area contributed by atoms with Gasteiger partial charge >= 0.3 is 18.9 Å². The Balaban J connectivity index is 0.00000256. The van der Waals surface area contributed by atoms with E-state index in [-0.39, 0.29) is 36.7 Å². The van der Waals surface area contributed by atoms with Crippen LogP contribution in [0.5, 0.6) is 5.75 Å². The first-order valence-electron chi connectivity index (χ1n) is 9.81. The fraction of sp³-hybridized carbons (Fsp3) is 0.280. The summed E-state index contributed by atoms with van der Waals surface area (Å²) in [6.07, 6.45) is 5.82. The van der Waals surface area contributed by atoms with Crippen molar-refractivity contribution in [2.75, 3.05) is 14.2 Å². The number of benzene rings is 2. The number of fused-ring (bicyclic) bond motifs is 1. The minimum atomic E-state index is -0.495. The van der Waals surface area contributed by atoms with E-state index in [0.717, 1.165) is 28.2 Å². The van der Waals surface area contributed by atoms with Crippen molar-refractivity contribution in [3.8, 4) is 5.75 Å². The Morgan fingerprint density at radius 1 is 0.933 bits per heavy atom. The molecule has 2 atom stereocenters. The van der Waals surface area contributed by atoms with Gasteiger partial charge in [0.15, 0.2) is 0 Å². The van der Waals surface area contributed by atoms with Crippen molar-refractivity contribution in [1.29, 1.82) is 0 Å². The zero-order valence-electron chi connectivity index (χ0n) is 18.3. The molecule has 2 aromatic rings. The van der Waals surface area contributed by atoms with Gasteiger partial charge in [0.05, 0.1) is 25.8 Å². The molecule has 4 rings (SSSR count). The molecule has 2 aliphatic rings. The van der Waals surface area contributed by atoms with E-state index in [0.29, 0.717) is 0 Å². The van der Waals surface area contributed by atoms with E-state index in [1.54, 1.807) is 14.2 Å². The molecule has 2 aromatic carbocycles. The molecule has 0 saturated heterocycles. The summed E-state index contributed by atoms with van der Waals surface area (Å²) in [6.45, 7) is 4.21. The van der Waals surface area contributed by atoms with Gasteiger partial charge in [-0.2, -0.15) is 0 Å². The van der Waals surface area contributed by atoms with Crippen molar-refractivity contribution < 1.29 is 33.4 Å². The average Bonchev–Trinajstić information content (AvgIpc) is 3.06. The molecule has 30 heavy (non-hydrogen) atoms. The molecule has 1 aliphatic heterocycles. The second-order valence-electron chi connectivity index (χ2n) is 7.91. The summed E-state index contributed by atoms with van der Waals surface area (Å²) in [6, 6.07) is 18.0. The van der Waals surface area contributed by atoms with E-state index in [9.17, 15) is 5.11 Å². The molecular formula is C25H26LiNO3. The second-order valence-corrected chi connectivity index (χ2v) is 7.91. The Kier molecular flexibility index (Phi) is 6.41. The van der Waals surface area contributed by atoms with Crippen molar-refractivity contribution in [2.24, 2.45) is 5.92 Å². The van der Waals surface area contributed by atoms with Gasteiger partial charge in [0, 0.05) is 5.92 Å². The SMILES string of the molecule is COC1=C[C@H]2C(=C([O-])N(C(C)(C)c3ccccc3)[C@@H]2c2cccc(OC)c2)C=C1.[Li+]. The van der Waals surface area contributed by atoms with Crippen molar-refractivity contribution >= 4 is 0 Å². The molecule has 0 radical (unpaired) electrons. The fourth-order valence-electron chi connectivity index (χ4n) is 4.41. The maximum Gasteiger partial charge on any atom is 1.00 e. The summed E-state index contributed by atoms with van der Waals surface area (Å²) < 4.78 is 10.9. The van der Waals surface area contributed by atoms with Crippen LogP contribution in [0.4, 0.5) is 0 Å². The van der Waals surface area contributed by atoms with E-state index < -0.39 is 5.54 Å². The summed E-state index contributed by atoms with van der Waals surface area (Å²) in [5.74, 6) is 1.53. The molecule has 0 fully saturated rings. The maximum atomic E-state index is 13.6. The topological polar surface area (TPSA) is 44.8 Å². The molecule has 0 aromatic heterocycles. The Morgan fingerprint density at radius 3 is 2.33 bits per heavy atom. The number of rotatable bonds is 5. The standard InChI is InChI=1S/C25H27NO3.Li/c1-25(2,18-10-6-5-7-11-18)26-23(17-9-8-12-19(15-17)28-3)22-16-20(29-4)13-14-21(22)24(26)27;/h5-16,22-23,27H,1-4H3;/q;+1/p-1/t22-,23+;/m0./s1. The molecule has 0 unspecified atom stereocenters. The van der Waals surface area contributed by atoms with Crippen molar-refractivity contribution in [2.45, 2.75) is 25.4 Å². The van der Waals surface area contributed by atoms with Crippen molar-refractivity contribution in [3.05, 3.63) is 101 Å². The van der Waals surface area contributed by atoms with Gasteiger partial charge in [-0.25, -0.2) is 0 Å². The second kappa shape index (κ2) is 8.68. The quantitative estimate of drug-likeness (QED) is 0.716. The van der Waals surface area contributed by atoms with E-state index in [2.05, 4.69) is 38.1 Å². The van der Waals surface area contributed by atoms with Gasteiger partial charge in [-0.1, -0.05) is 48.5 Å². The van der Waals surface area contributed by atoms with Crippen LogP contribution < -0.4 is 28.7 Å². The Bertz CT molecular complexity index is 994. The van der Waals surface area contributed by atoms with Gasteiger partial charge < -0.3 is 19.5 Å². The van der Waals surface area contributed by atoms with Gasteiger partial charge in [-0.15, -0.1) is 0 Å². The molecule has 0 N–H and O–H groups in total. The van der Waals surface area contributed by atoms with Gasteiger partial charge in [-0.05, 0) is 60.7 Å². The zero-order valence-corrected chi connectivity index (χ0v) is 18.3. The third kappa shape index (κ3) is 3.67. The molecule has 0 spiro atoms. The van der Waals surface area contributed by atoms with Crippen LogP contribution in [-0.4, -0.2) is 19.1 Å². The molecule has 150 valence electrons. The van der Waals surface area contributed by atoms with Crippen LogP contribution in [0.15, 0.2) is 90.0 Å². The summed E-state index contributed by atoms with van der Waals surface area (Å²) in [4.78, 5) is 2.01. The monoisotopic (exact) mass is 395 g/mol. The Labute approximate surface area is 190 Å². The van der Waals surface area contributed by atoms with Crippen LogP contribution in [0.2, 0.25) is 0 Å². The molecule has 5 heteroatoms. The number of nitrogens with zero attached hydrogens (tertiary/aromatic N) is 1. The first-order valence-corrected chi connectivity index (χ1v) is 9.81. The van der Waals surface area contributed by atoms with Crippen LogP contribution in [-0.2, 0) is 10.3 Å². The summed E-state index contributed by atoms with van der Waals surface area (Å²) in [5.41, 5.74) is 2.44. The third-order valence-electron chi connectivity index (χ3n) is 5.97. The summed E-state index contributed by atoms with van der Waals surface area (Å²) >= 11 is 0. The number of methoxy groups -OCH3 is 2. The maximum absolute atomic E-state index is 13.6. The first kappa shape index (κ1) is 22.1. The molecule has 0 amide bonds. The van der Waals surface area contributed by atoms with Gasteiger partial charge in [0.2, 0.25) is 0 Å². The van der Waals surface area contributed by atoms with Gasteiger partial charge in [-0.3, -0.25) is 0 Å². The third-order valence-corrected chi connectivity index (χ3v) is 5.97. The number of allylic oxidation sites excluding steroid dienone is 2. The predicted molar refractivity (Wildman–Crippen MR) is 112 cm³/mol. The van der Waals surface area contributed by atoms with Crippen molar-refractivity contribution in [1.82, 2.24) is 4.90 Å². The molecular weight excluding hydrogens is 369 g/mol. The van der Waals surface area contributed by atoms with Crippen LogP contribution >= 0.6 is 0 Å². The van der Waals surface area contributed by atoms with Crippen LogP contribution in [0.25, 0.3) is 0 Å². The molecule has 4 nitrogen and oxygen atoms in total. The van der Waals surface area contributed by atoms with E-state index >= 15 is 0 Å². The van der Waals surface area contributed by atoms with Crippen LogP contribution in [0.1, 0.15) is 31.0 Å². The Morgan fingerprint density at radius 2 is 1.67 bits per heavy atom. The molecule has 1 heterocycles. The molecule has 1 aliphatic carbocycles. The summed E-state index contributed by atoms with van der Waals surface area (Å²) in [7, 11) is 3.32. The number of hydrogen-bond donors (Lipinski definition) is 0. The Hall–Kier alpha value is -2.54. The fourth-order valence-corrected chi connectivity index (χ4v) is 4.41. The van der Waals surface area contributed by atoms with E-state index in [1.165, 1.54) is 0 Å². The van der Waals surface area contributed by atoms with Gasteiger partial charge in [0.1, 0.15) is 11.5 Å². The first-order chi connectivity index (χ1) is 14.0. The number of ether oxygens (including phenoxy) is 2. The van der Waals surface area contributed by atoms with Crippen molar-refractivity contribution in [3.63, 3.8) is 0 Å². The minimum absolute atomic E-state index is 0. The van der Waals surface area contributed by atoms with Gasteiger partial charge in [0.25, 0.3) is 0 Å². The van der Waals surface area contributed by atoms with Crippen LogP contribution in [0.3, 0.4) is 0 Å². The molecule has 0 saturated carbocycles. The average molecular weight is 395 g/mol.